The van der Waals surface area contributed by atoms with Crippen LogP contribution < -0.4 is 5.32 Å². The lowest BCUT2D eigenvalue weighted by atomic mass is 10.3. The number of rotatable bonds is 3. The van der Waals surface area contributed by atoms with Crippen LogP contribution in [-0.4, -0.2) is 60.3 Å². The Morgan fingerprint density at radius 3 is 2.57 bits per heavy atom. The third kappa shape index (κ3) is 3.01. The summed E-state index contributed by atoms with van der Waals surface area (Å²) in [6, 6.07) is -0.0938. The van der Waals surface area contributed by atoms with Gasteiger partial charge < -0.3 is 15.3 Å². The number of β-amino-alcohol motifs (C(OH)–C–C–N with tert-alkyl or cyclic N) is 1. The molecule has 0 atom stereocenters. The summed E-state index contributed by atoms with van der Waals surface area (Å²) in [4.78, 5) is 15.2. The molecule has 0 aliphatic carbocycles. The molecule has 1 aliphatic rings. The van der Waals surface area contributed by atoms with E-state index in [1.165, 1.54) is 6.20 Å². The number of carbonyl (C=O) groups excluding carboxylic acids is 1. The van der Waals surface area contributed by atoms with Crippen LogP contribution in [-0.2, 0) is 0 Å². The second kappa shape index (κ2) is 5.62. The Labute approximate surface area is 84.0 Å². The highest BCUT2D eigenvalue weighted by atomic mass is 16.3. The van der Waals surface area contributed by atoms with Crippen molar-refractivity contribution in [1.82, 2.24) is 15.1 Å². The molecule has 1 fully saturated rings. The molecular formula is C9H17N3O2. The molecule has 2 N–H and O–H groups in total. The highest BCUT2D eigenvalue weighted by Crippen LogP contribution is 2.00. The van der Waals surface area contributed by atoms with E-state index in [1.807, 2.05) is 0 Å². The maximum absolute atomic E-state index is 11.3. The van der Waals surface area contributed by atoms with Gasteiger partial charge in [0.15, 0.2) is 0 Å². The Morgan fingerprint density at radius 1 is 1.43 bits per heavy atom. The van der Waals surface area contributed by atoms with E-state index in [-0.39, 0.29) is 12.6 Å². The van der Waals surface area contributed by atoms with E-state index in [1.54, 1.807) is 4.90 Å². The fraction of sp³-hybridized carbons (Fsp3) is 0.667. The van der Waals surface area contributed by atoms with Crippen molar-refractivity contribution in [2.75, 3.05) is 39.3 Å². The summed E-state index contributed by atoms with van der Waals surface area (Å²) in [5.41, 5.74) is 0. The summed E-state index contributed by atoms with van der Waals surface area (Å²) < 4.78 is 0. The Morgan fingerprint density at radius 2 is 2.07 bits per heavy atom. The zero-order valence-corrected chi connectivity index (χ0v) is 8.28. The topological polar surface area (TPSA) is 55.8 Å². The van der Waals surface area contributed by atoms with E-state index in [0.29, 0.717) is 19.6 Å². The molecule has 0 saturated carbocycles. The smallest absolute Gasteiger partial charge is 0.321 e. The molecule has 0 aromatic heterocycles. The van der Waals surface area contributed by atoms with Crippen LogP contribution in [0.25, 0.3) is 0 Å². The van der Waals surface area contributed by atoms with Gasteiger partial charge in [0.1, 0.15) is 0 Å². The molecule has 80 valence electrons. The lowest BCUT2D eigenvalue weighted by Crippen LogP contribution is -2.51. The minimum Gasteiger partial charge on any atom is -0.395 e. The van der Waals surface area contributed by atoms with Gasteiger partial charge in [-0.25, -0.2) is 4.79 Å². The minimum atomic E-state index is -0.0938. The minimum absolute atomic E-state index is 0.0938. The summed E-state index contributed by atoms with van der Waals surface area (Å²) in [5, 5.41) is 11.3. The van der Waals surface area contributed by atoms with Crippen LogP contribution in [0, 0.1) is 0 Å². The lowest BCUT2D eigenvalue weighted by molar-refractivity contribution is 0.123. The van der Waals surface area contributed by atoms with E-state index in [9.17, 15) is 4.79 Å². The fourth-order valence-electron chi connectivity index (χ4n) is 1.49. The number of carbonyl (C=O) groups is 1. The quantitative estimate of drug-likeness (QED) is 0.641. The van der Waals surface area contributed by atoms with Crippen molar-refractivity contribution >= 4 is 6.03 Å². The molecule has 1 aliphatic heterocycles. The third-order valence-corrected chi connectivity index (χ3v) is 2.30. The first kappa shape index (κ1) is 11.0. The predicted octanol–water partition coefficient (Wildman–Crippen LogP) is -0.551. The van der Waals surface area contributed by atoms with Crippen LogP contribution >= 0.6 is 0 Å². The maximum atomic E-state index is 11.3. The molecule has 0 aromatic rings. The van der Waals surface area contributed by atoms with Crippen LogP contribution in [0.2, 0.25) is 0 Å². The fourth-order valence-corrected chi connectivity index (χ4v) is 1.49. The van der Waals surface area contributed by atoms with Crippen LogP contribution in [0.5, 0.6) is 0 Å². The van der Waals surface area contributed by atoms with E-state index in [0.717, 1.165) is 13.1 Å². The summed E-state index contributed by atoms with van der Waals surface area (Å²) >= 11 is 0. The van der Waals surface area contributed by atoms with Crippen molar-refractivity contribution in [3.05, 3.63) is 12.8 Å². The van der Waals surface area contributed by atoms with Gasteiger partial charge in [-0.15, -0.1) is 0 Å². The first-order chi connectivity index (χ1) is 6.77. The van der Waals surface area contributed by atoms with Gasteiger partial charge >= 0.3 is 6.03 Å². The molecule has 2 amide bonds. The largest absolute Gasteiger partial charge is 0.395 e. The SMILES string of the molecule is C=CNC(=O)N1CCN(CCO)CC1. The van der Waals surface area contributed by atoms with Gasteiger partial charge in [-0.1, -0.05) is 6.58 Å². The van der Waals surface area contributed by atoms with Gasteiger partial charge in [0, 0.05) is 32.7 Å². The molecule has 1 heterocycles. The molecule has 5 nitrogen and oxygen atoms in total. The summed E-state index contributed by atoms with van der Waals surface area (Å²) in [6.45, 7) is 7.37. The standard InChI is InChI=1S/C9H17N3O2/c1-2-10-9(14)12-5-3-11(4-6-12)7-8-13/h2,13H,1,3-8H2,(H,10,14). The molecule has 0 bridgehead atoms. The summed E-state index contributed by atoms with van der Waals surface area (Å²) in [6.07, 6.45) is 1.39. The molecule has 14 heavy (non-hydrogen) atoms. The molecule has 5 heteroatoms. The number of amides is 2. The first-order valence-corrected chi connectivity index (χ1v) is 4.77. The Balaban J connectivity index is 2.27. The zero-order valence-electron chi connectivity index (χ0n) is 8.28. The van der Waals surface area contributed by atoms with Gasteiger partial charge in [-0.3, -0.25) is 4.90 Å². The van der Waals surface area contributed by atoms with Gasteiger partial charge in [0.05, 0.1) is 6.61 Å². The van der Waals surface area contributed by atoms with E-state index in [2.05, 4.69) is 16.8 Å². The summed E-state index contributed by atoms with van der Waals surface area (Å²) in [7, 11) is 0. The van der Waals surface area contributed by atoms with Gasteiger partial charge in [-0.2, -0.15) is 0 Å². The Hall–Kier alpha value is -1.07. The zero-order chi connectivity index (χ0) is 10.4. The summed E-state index contributed by atoms with van der Waals surface area (Å²) in [5.74, 6) is 0. The van der Waals surface area contributed by atoms with Crippen LogP contribution in [0.15, 0.2) is 12.8 Å². The highest BCUT2D eigenvalue weighted by molar-refractivity contribution is 5.75. The lowest BCUT2D eigenvalue weighted by Gasteiger charge is -2.33. The van der Waals surface area contributed by atoms with E-state index >= 15 is 0 Å². The molecule has 0 unspecified atom stereocenters. The van der Waals surface area contributed by atoms with E-state index < -0.39 is 0 Å². The molecule has 1 rings (SSSR count). The number of nitrogens with one attached hydrogen (secondary N) is 1. The van der Waals surface area contributed by atoms with Crippen molar-refractivity contribution in [3.63, 3.8) is 0 Å². The molecule has 1 saturated heterocycles. The highest BCUT2D eigenvalue weighted by Gasteiger charge is 2.19. The van der Waals surface area contributed by atoms with Crippen LogP contribution in [0.4, 0.5) is 4.79 Å². The number of piperazine rings is 1. The Kier molecular flexibility index (Phi) is 4.42. The molecule has 0 aromatic carbocycles. The van der Waals surface area contributed by atoms with E-state index in [4.69, 9.17) is 5.11 Å². The van der Waals surface area contributed by atoms with Gasteiger partial charge in [0.2, 0.25) is 0 Å². The van der Waals surface area contributed by atoms with Crippen LogP contribution in [0.1, 0.15) is 0 Å². The van der Waals surface area contributed by atoms with Gasteiger partial charge in [-0.05, 0) is 6.20 Å². The number of aliphatic hydroxyl groups excluding tert-OH is 1. The van der Waals surface area contributed by atoms with Crippen molar-refractivity contribution in [3.8, 4) is 0 Å². The van der Waals surface area contributed by atoms with Crippen molar-refractivity contribution in [2.45, 2.75) is 0 Å². The predicted molar refractivity (Wildman–Crippen MR) is 53.8 cm³/mol. The normalized spacial score (nSPS) is 17.9. The maximum Gasteiger partial charge on any atom is 0.321 e. The van der Waals surface area contributed by atoms with Crippen molar-refractivity contribution in [1.29, 1.82) is 0 Å². The number of urea groups is 1. The van der Waals surface area contributed by atoms with Crippen LogP contribution in [0.3, 0.4) is 0 Å². The second-order valence-electron chi connectivity index (χ2n) is 3.21. The molecule has 0 radical (unpaired) electrons. The molecular weight excluding hydrogens is 182 g/mol. The first-order valence-electron chi connectivity index (χ1n) is 4.77. The molecule has 0 spiro atoms. The average Bonchev–Trinajstić information content (AvgIpc) is 2.20. The number of aliphatic hydroxyl groups is 1. The Bertz CT molecular complexity index is 200. The monoisotopic (exact) mass is 199 g/mol. The van der Waals surface area contributed by atoms with Gasteiger partial charge in [0.25, 0.3) is 0 Å². The third-order valence-electron chi connectivity index (χ3n) is 2.30. The number of hydrogen-bond donors (Lipinski definition) is 2. The van der Waals surface area contributed by atoms with Crippen molar-refractivity contribution < 1.29 is 9.90 Å². The number of nitrogens with zero attached hydrogens (tertiary/aromatic N) is 2. The second-order valence-corrected chi connectivity index (χ2v) is 3.21. The van der Waals surface area contributed by atoms with Crippen molar-refractivity contribution in [2.24, 2.45) is 0 Å². The average molecular weight is 199 g/mol. The number of hydrogen-bond acceptors (Lipinski definition) is 3.